The summed E-state index contributed by atoms with van der Waals surface area (Å²) in [6.45, 7) is 2.93. The maximum Gasteiger partial charge on any atom is 0.209 e. The van der Waals surface area contributed by atoms with Crippen molar-refractivity contribution in [2.75, 3.05) is 6.54 Å². The van der Waals surface area contributed by atoms with E-state index in [4.69, 9.17) is 11.0 Å². The van der Waals surface area contributed by atoms with Crippen LogP contribution in [0.1, 0.15) is 26.2 Å². The predicted molar refractivity (Wildman–Crippen MR) is 44.8 cm³/mol. The Bertz CT molecular complexity index is 156. The lowest BCUT2D eigenvalue weighted by atomic mass is 10.2. The van der Waals surface area contributed by atoms with Gasteiger partial charge in [-0.3, -0.25) is 0 Å². The molecule has 0 atom stereocenters. The third kappa shape index (κ3) is 6.65. The van der Waals surface area contributed by atoms with Gasteiger partial charge in [0.15, 0.2) is 0 Å². The van der Waals surface area contributed by atoms with Crippen LogP contribution in [0.3, 0.4) is 0 Å². The minimum atomic E-state index is 0.212. The fraction of sp³-hybridized carbons (Fsp3) is 0.714. The predicted octanol–water partition coefficient (Wildman–Crippen LogP) is 0.562. The number of nitriles is 1. The highest BCUT2D eigenvalue weighted by Crippen LogP contribution is 1.90. The molecule has 0 unspecified atom stereocenters. The molecule has 0 amide bonds. The second-order valence-electron chi connectivity index (χ2n) is 2.23. The van der Waals surface area contributed by atoms with E-state index in [9.17, 15) is 0 Å². The van der Waals surface area contributed by atoms with Gasteiger partial charge in [-0.05, 0) is 6.42 Å². The lowest BCUT2D eigenvalue weighted by Gasteiger charge is -2.01. The quantitative estimate of drug-likeness (QED) is 0.269. The van der Waals surface area contributed by atoms with Crippen molar-refractivity contribution in [1.29, 1.82) is 5.26 Å². The Morgan fingerprint density at radius 2 is 2.36 bits per heavy atom. The molecule has 0 saturated carbocycles. The number of nitrogens with one attached hydrogen (secondary N) is 1. The van der Waals surface area contributed by atoms with Crippen molar-refractivity contribution in [2.45, 2.75) is 26.2 Å². The van der Waals surface area contributed by atoms with E-state index >= 15 is 0 Å². The van der Waals surface area contributed by atoms with Gasteiger partial charge < -0.3 is 11.1 Å². The maximum atomic E-state index is 8.08. The molecule has 11 heavy (non-hydrogen) atoms. The average molecular weight is 154 g/mol. The van der Waals surface area contributed by atoms with Crippen molar-refractivity contribution in [2.24, 2.45) is 10.7 Å². The molecule has 0 aliphatic rings. The van der Waals surface area contributed by atoms with Crippen LogP contribution in [-0.2, 0) is 0 Å². The van der Waals surface area contributed by atoms with Crippen molar-refractivity contribution in [3.8, 4) is 6.19 Å². The van der Waals surface area contributed by atoms with Gasteiger partial charge >= 0.3 is 0 Å². The Labute approximate surface area is 67.1 Å². The van der Waals surface area contributed by atoms with Crippen molar-refractivity contribution in [3.05, 3.63) is 0 Å². The van der Waals surface area contributed by atoms with Crippen LogP contribution in [0.25, 0.3) is 0 Å². The Kier molecular flexibility index (Phi) is 6.10. The molecule has 0 heterocycles. The smallest absolute Gasteiger partial charge is 0.209 e. The van der Waals surface area contributed by atoms with Crippen LogP contribution in [0.2, 0.25) is 0 Å². The van der Waals surface area contributed by atoms with Gasteiger partial charge in [0.05, 0.1) is 0 Å². The number of hydrogen-bond donors (Lipinski definition) is 2. The summed E-state index contributed by atoms with van der Waals surface area (Å²) in [5, 5.41) is 10.9. The third-order valence-corrected chi connectivity index (χ3v) is 1.26. The van der Waals surface area contributed by atoms with Crippen LogP contribution in [0.15, 0.2) is 4.99 Å². The molecule has 4 heteroatoms. The fourth-order valence-corrected chi connectivity index (χ4v) is 0.685. The van der Waals surface area contributed by atoms with Crippen LogP contribution in [0.5, 0.6) is 0 Å². The molecule has 0 aromatic rings. The molecular formula is C7H14N4. The van der Waals surface area contributed by atoms with Crippen LogP contribution < -0.4 is 11.1 Å². The van der Waals surface area contributed by atoms with Gasteiger partial charge in [-0.25, -0.2) is 0 Å². The van der Waals surface area contributed by atoms with Gasteiger partial charge in [-0.2, -0.15) is 5.26 Å². The van der Waals surface area contributed by atoms with Crippen molar-refractivity contribution in [3.63, 3.8) is 0 Å². The average Bonchev–Trinajstić information content (AvgIpc) is 1.99. The molecule has 0 spiro atoms. The van der Waals surface area contributed by atoms with Gasteiger partial charge in [-0.15, -0.1) is 4.99 Å². The van der Waals surface area contributed by atoms with Gasteiger partial charge in [0.1, 0.15) is 0 Å². The maximum absolute atomic E-state index is 8.08. The molecule has 62 valence electrons. The second kappa shape index (κ2) is 6.87. The number of aliphatic imine (C=N–C) groups is 1. The minimum Gasteiger partial charge on any atom is -0.369 e. The zero-order valence-electron chi connectivity index (χ0n) is 6.80. The Balaban J connectivity index is 3.26. The largest absolute Gasteiger partial charge is 0.369 e. The molecule has 0 saturated heterocycles. The van der Waals surface area contributed by atoms with Crippen molar-refractivity contribution in [1.82, 2.24) is 5.32 Å². The Morgan fingerprint density at radius 3 is 2.91 bits per heavy atom. The van der Waals surface area contributed by atoms with E-state index in [-0.39, 0.29) is 5.96 Å². The SMILES string of the molecule is CCCCCNC(N)=NC#N. The van der Waals surface area contributed by atoms with Crippen LogP contribution in [0.4, 0.5) is 0 Å². The van der Waals surface area contributed by atoms with E-state index in [1.54, 1.807) is 6.19 Å². The second-order valence-corrected chi connectivity index (χ2v) is 2.23. The normalized spacial score (nSPS) is 10.7. The number of nitrogens with zero attached hydrogens (tertiary/aromatic N) is 2. The summed E-state index contributed by atoms with van der Waals surface area (Å²) >= 11 is 0. The number of rotatable bonds is 4. The standard InChI is InChI=1S/C7H14N4/c1-2-3-4-5-10-7(9)11-6-8/h2-5H2,1H3,(H3,9,10,11). The van der Waals surface area contributed by atoms with E-state index in [0.717, 1.165) is 13.0 Å². The van der Waals surface area contributed by atoms with Crippen LogP contribution in [-0.4, -0.2) is 12.5 Å². The topological polar surface area (TPSA) is 74.2 Å². The number of nitrogens with two attached hydrogens (primary N) is 1. The van der Waals surface area contributed by atoms with E-state index in [2.05, 4.69) is 17.2 Å². The Hall–Kier alpha value is -1.24. The van der Waals surface area contributed by atoms with Gasteiger partial charge in [0, 0.05) is 6.54 Å². The molecule has 0 bridgehead atoms. The summed E-state index contributed by atoms with van der Waals surface area (Å²) in [6, 6.07) is 0. The number of unbranched alkanes of at least 4 members (excludes halogenated alkanes) is 2. The molecule has 0 radical (unpaired) electrons. The van der Waals surface area contributed by atoms with E-state index < -0.39 is 0 Å². The van der Waals surface area contributed by atoms with Crippen LogP contribution >= 0.6 is 0 Å². The first kappa shape index (κ1) is 9.76. The zero-order valence-corrected chi connectivity index (χ0v) is 6.80. The van der Waals surface area contributed by atoms with E-state index in [0.29, 0.717) is 0 Å². The number of guanidine groups is 1. The van der Waals surface area contributed by atoms with Gasteiger partial charge in [0.25, 0.3) is 0 Å². The third-order valence-electron chi connectivity index (χ3n) is 1.26. The summed E-state index contributed by atoms with van der Waals surface area (Å²) in [5.74, 6) is 0.212. The first-order chi connectivity index (χ1) is 5.31. The highest BCUT2D eigenvalue weighted by atomic mass is 15.1. The molecule has 0 aliphatic carbocycles. The molecular weight excluding hydrogens is 140 g/mol. The minimum absolute atomic E-state index is 0.212. The summed E-state index contributed by atoms with van der Waals surface area (Å²) in [6.07, 6.45) is 5.03. The number of hydrogen-bond acceptors (Lipinski definition) is 2. The summed E-state index contributed by atoms with van der Waals surface area (Å²) in [5.41, 5.74) is 5.28. The molecule has 0 aromatic carbocycles. The molecule has 0 aliphatic heterocycles. The van der Waals surface area contributed by atoms with Gasteiger partial charge in [0.2, 0.25) is 12.2 Å². The Morgan fingerprint density at radius 1 is 1.64 bits per heavy atom. The van der Waals surface area contributed by atoms with Crippen molar-refractivity contribution >= 4 is 5.96 Å². The molecule has 4 nitrogen and oxygen atoms in total. The van der Waals surface area contributed by atoms with Crippen molar-refractivity contribution < 1.29 is 0 Å². The van der Waals surface area contributed by atoms with E-state index in [1.165, 1.54) is 12.8 Å². The highest BCUT2D eigenvalue weighted by Gasteiger charge is 1.88. The summed E-state index contributed by atoms with van der Waals surface area (Å²) < 4.78 is 0. The molecule has 3 N–H and O–H groups in total. The monoisotopic (exact) mass is 154 g/mol. The highest BCUT2D eigenvalue weighted by molar-refractivity contribution is 5.78. The lowest BCUT2D eigenvalue weighted by molar-refractivity contribution is 0.694. The van der Waals surface area contributed by atoms with E-state index in [1.807, 2.05) is 0 Å². The first-order valence-electron chi connectivity index (χ1n) is 3.77. The molecule has 0 fully saturated rings. The van der Waals surface area contributed by atoms with Gasteiger partial charge in [-0.1, -0.05) is 19.8 Å². The fourth-order valence-electron chi connectivity index (χ4n) is 0.685. The lowest BCUT2D eigenvalue weighted by Crippen LogP contribution is -2.31. The summed E-state index contributed by atoms with van der Waals surface area (Å²) in [4.78, 5) is 3.31. The molecule has 0 rings (SSSR count). The summed E-state index contributed by atoms with van der Waals surface area (Å²) in [7, 11) is 0. The van der Waals surface area contributed by atoms with Crippen LogP contribution in [0, 0.1) is 11.5 Å². The molecule has 0 aromatic heterocycles. The first-order valence-corrected chi connectivity index (χ1v) is 3.77. The zero-order chi connectivity index (χ0) is 8.53.